The first-order chi connectivity index (χ1) is 23.4. The van der Waals surface area contributed by atoms with Crippen molar-refractivity contribution in [2.45, 2.75) is 187 Å². The monoisotopic (exact) mass is 678 g/mol. The Hall–Kier alpha value is -1.89. The summed E-state index contributed by atoms with van der Waals surface area (Å²) in [4.78, 5) is 40.2. The zero-order valence-electron chi connectivity index (χ0n) is 31.9. The van der Waals surface area contributed by atoms with E-state index in [1.54, 1.807) is 0 Å². The molecule has 0 aromatic heterocycles. The van der Waals surface area contributed by atoms with Gasteiger partial charge in [0.15, 0.2) is 5.78 Å². The van der Waals surface area contributed by atoms with Crippen molar-refractivity contribution >= 4 is 17.7 Å². The van der Waals surface area contributed by atoms with E-state index >= 15 is 0 Å². The van der Waals surface area contributed by atoms with Crippen LogP contribution in [-0.4, -0.2) is 63.1 Å². The lowest BCUT2D eigenvalue weighted by atomic mass is 9.92. The molecule has 1 heterocycles. The van der Waals surface area contributed by atoms with E-state index < -0.39 is 0 Å². The summed E-state index contributed by atoms with van der Waals surface area (Å²) in [6.45, 7) is 5.92. The Kier molecular flexibility index (Phi) is 28.6. The second kappa shape index (κ2) is 31.1. The minimum absolute atomic E-state index is 0.00844. The van der Waals surface area contributed by atoms with Gasteiger partial charge in [-0.3, -0.25) is 14.4 Å². The first-order valence-electron chi connectivity index (χ1n) is 20.2. The molecule has 0 radical (unpaired) electrons. The van der Waals surface area contributed by atoms with Crippen molar-refractivity contribution < 1.29 is 28.6 Å². The molecule has 1 aliphatic heterocycles. The van der Waals surface area contributed by atoms with Gasteiger partial charge in [-0.1, -0.05) is 142 Å². The largest absolute Gasteiger partial charge is 0.493 e. The van der Waals surface area contributed by atoms with E-state index in [2.05, 4.69) is 13.8 Å². The number of carbonyl (C=O) groups excluding carboxylic acids is 3. The van der Waals surface area contributed by atoms with Crippen molar-refractivity contribution in [3.63, 3.8) is 0 Å². The summed E-state index contributed by atoms with van der Waals surface area (Å²) in [5, 5.41) is 0. The molecular weight excluding hydrogens is 602 g/mol. The molecule has 0 fully saturated rings. The lowest BCUT2D eigenvalue weighted by Crippen LogP contribution is -2.28. The van der Waals surface area contributed by atoms with Crippen molar-refractivity contribution in [2.75, 3.05) is 40.5 Å². The first kappa shape index (κ1) is 44.1. The zero-order chi connectivity index (χ0) is 35.1. The molecule has 0 aromatic rings. The first-order valence-corrected chi connectivity index (χ1v) is 20.2. The van der Waals surface area contributed by atoms with E-state index in [1.807, 2.05) is 19.0 Å². The SMILES string of the molecule is CCCCCCCCCCCCCC(=O)OCC1COC(COC(=O)CCCN(C)C)=C(C(=O)CCCCCCCCCCCCC)C1. The smallest absolute Gasteiger partial charge is 0.306 e. The van der Waals surface area contributed by atoms with Crippen molar-refractivity contribution in [2.24, 2.45) is 5.92 Å². The van der Waals surface area contributed by atoms with Crippen LogP contribution in [0, 0.1) is 5.92 Å². The van der Waals surface area contributed by atoms with Gasteiger partial charge in [0.25, 0.3) is 0 Å². The van der Waals surface area contributed by atoms with E-state index in [4.69, 9.17) is 14.2 Å². The number of ketones is 1. The molecule has 1 unspecified atom stereocenters. The van der Waals surface area contributed by atoms with E-state index in [0.717, 1.165) is 45.1 Å². The van der Waals surface area contributed by atoms with Gasteiger partial charge in [0.05, 0.1) is 13.2 Å². The van der Waals surface area contributed by atoms with Crippen LogP contribution in [0.2, 0.25) is 0 Å². The highest BCUT2D eigenvalue weighted by Gasteiger charge is 2.28. The molecule has 280 valence electrons. The number of unbranched alkanes of at least 4 members (excludes halogenated alkanes) is 20. The molecular formula is C41H75NO6. The Morgan fingerprint density at radius 3 is 1.54 bits per heavy atom. The van der Waals surface area contributed by atoms with Crippen LogP contribution in [0.4, 0.5) is 0 Å². The predicted molar refractivity (Wildman–Crippen MR) is 198 cm³/mol. The normalized spacial score (nSPS) is 14.7. The van der Waals surface area contributed by atoms with Crippen LogP contribution in [0.25, 0.3) is 0 Å². The fourth-order valence-electron chi connectivity index (χ4n) is 6.35. The maximum absolute atomic E-state index is 13.4. The number of ether oxygens (including phenoxy) is 3. The number of nitrogens with zero attached hydrogens (tertiary/aromatic N) is 1. The molecule has 1 rings (SSSR count). The Bertz CT molecular complexity index is 854. The van der Waals surface area contributed by atoms with Crippen LogP contribution in [0.15, 0.2) is 11.3 Å². The quantitative estimate of drug-likeness (QED) is 0.0505. The zero-order valence-corrected chi connectivity index (χ0v) is 31.9. The van der Waals surface area contributed by atoms with Crippen molar-refractivity contribution in [3.05, 3.63) is 11.3 Å². The number of carbonyl (C=O) groups is 3. The number of esters is 2. The molecule has 0 aromatic carbocycles. The summed E-state index contributed by atoms with van der Waals surface area (Å²) >= 11 is 0. The molecule has 0 saturated heterocycles. The van der Waals surface area contributed by atoms with Crippen LogP contribution >= 0.6 is 0 Å². The molecule has 7 nitrogen and oxygen atoms in total. The summed E-state index contributed by atoms with van der Waals surface area (Å²) in [5.74, 6) is 0.0426. The van der Waals surface area contributed by atoms with E-state index in [1.165, 1.54) is 109 Å². The van der Waals surface area contributed by atoms with Crippen LogP contribution < -0.4 is 0 Å². The molecule has 7 heteroatoms. The molecule has 1 aliphatic rings. The van der Waals surface area contributed by atoms with Crippen molar-refractivity contribution in [1.82, 2.24) is 4.90 Å². The van der Waals surface area contributed by atoms with Gasteiger partial charge < -0.3 is 19.1 Å². The van der Waals surface area contributed by atoms with Gasteiger partial charge in [0, 0.05) is 30.8 Å². The van der Waals surface area contributed by atoms with Crippen LogP contribution in [0.5, 0.6) is 0 Å². The lowest BCUT2D eigenvalue weighted by molar-refractivity contribution is -0.147. The van der Waals surface area contributed by atoms with Gasteiger partial charge >= 0.3 is 11.9 Å². The maximum atomic E-state index is 13.4. The maximum Gasteiger partial charge on any atom is 0.306 e. The van der Waals surface area contributed by atoms with E-state index in [9.17, 15) is 14.4 Å². The Morgan fingerprint density at radius 2 is 1.04 bits per heavy atom. The highest BCUT2D eigenvalue weighted by atomic mass is 16.6. The molecule has 1 atom stereocenters. The number of allylic oxidation sites excluding steroid dienone is 1. The molecule has 0 spiro atoms. The van der Waals surface area contributed by atoms with Crippen LogP contribution in [0.3, 0.4) is 0 Å². The minimum atomic E-state index is -0.274. The number of hydrogen-bond donors (Lipinski definition) is 0. The summed E-state index contributed by atoms with van der Waals surface area (Å²) < 4.78 is 17.2. The Balaban J connectivity index is 2.43. The van der Waals surface area contributed by atoms with E-state index in [0.29, 0.717) is 43.6 Å². The van der Waals surface area contributed by atoms with Crippen molar-refractivity contribution in [1.29, 1.82) is 0 Å². The molecule has 0 bridgehead atoms. The van der Waals surface area contributed by atoms with Gasteiger partial charge in [-0.25, -0.2) is 0 Å². The summed E-state index contributed by atoms with van der Waals surface area (Å²) in [5.41, 5.74) is 0.612. The van der Waals surface area contributed by atoms with Crippen LogP contribution in [0.1, 0.15) is 187 Å². The van der Waals surface area contributed by atoms with Crippen LogP contribution in [-0.2, 0) is 28.6 Å². The molecule has 0 saturated carbocycles. The topological polar surface area (TPSA) is 82.1 Å². The summed E-state index contributed by atoms with van der Waals surface area (Å²) in [6, 6.07) is 0. The predicted octanol–water partition coefficient (Wildman–Crippen LogP) is 10.7. The summed E-state index contributed by atoms with van der Waals surface area (Å²) in [7, 11) is 3.96. The number of Topliss-reactive ketones (excluding diaryl/α,β-unsaturated/α-hetero) is 1. The Labute approximate surface area is 295 Å². The second-order valence-corrected chi connectivity index (χ2v) is 14.5. The molecule has 0 aliphatic carbocycles. The summed E-state index contributed by atoms with van der Waals surface area (Å²) in [6.07, 6.45) is 29.8. The third-order valence-electron chi connectivity index (χ3n) is 9.48. The minimum Gasteiger partial charge on any atom is -0.493 e. The third kappa shape index (κ3) is 25.1. The number of rotatable bonds is 33. The molecule has 0 N–H and O–H groups in total. The van der Waals surface area contributed by atoms with Gasteiger partial charge in [-0.05, 0) is 46.3 Å². The Morgan fingerprint density at radius 1 is 0.604 bits per heavy atom. The highest BCUT2D eigenvalue weighted by Crippen LogP contribution is 2.27. The van der Waals surface area contributed by atoms with Gasteiger partial charge in [-0.2, -0.15) is 0 Å². The van der Waals surface area contributed by atoms with Gasteiger partial charge in [0.1, 0.15) is 12.4 Å². The molecule has 0 amide bonds. The standard InChI is InChI=1S/C41H75NO6/c1-5-7-9-11-13-15-17-19-21-23-25-28-38(43)37-32-36(33-46-39(37)35-48-41(45)30-27-31-42(3)4)34-47-40(44)29-26-24-22-20-18-16-14-12-10-8-6-2/h36H,5-35H2,1-4H3. The average Bonchev–Trinajstić information content (AvgIpc) is 3.07. The number of hydrogen-bond acceptors (Lipinski definition) is 7. The van der Waals surface area contributed by atoms with Gasteiger partial charge in [-0.15, -0.1) is 0 Å². The average molecular weight is 678 g/mol. The van der Waals surface area contributed by atoms with E-state index in [-0.39, 0.29) is 36.9 Å². The van der Waals surface area contributed by atoms with Crippen molar-refractivity contribution in [3.8, 4) is 0 Å². The third-order valence-corrected chi connectivity index (χ3v) is 9.48. The highest BCUT2D eigenvalue weighted by molar-refractivity contribution is 5.96. The fraction of sp³-hybridized carbons (Fsp3) is 0.878. The van der Waals surface area contributed by atoms with Gasteiger partial charge in [0.2, 0.25) is 0 Å². The fourth-order valence-corrected chi connectivity index (χ4v) is 6.35. The second-order valence-electron chi connectivity index (χ2n) is 14.5. The molecule has 48 heavy (non-hydrogen) atoms. The lowest BCUT2D eigenvalue weighted by Gasteiger charge is -2.27.